The maximum Gasteiger partial charge on any atom is 0.0714 e. The van der Waals surface area contributed by atoms with Gasteiger partial charge in [0.25, 0.3) is 0 Å². The Bertz CT molecular complexity index is 3320. The van der Waals surface area contributed by atoms with Gasteiger partial charge >= 0.3 is 0 Å². The molecular weight excluding hydrogens is 761 g/mol. The Labute approximate surface area is 368 Å². The zero-order valence-electron chi connectivity index (χ0n) is 34.6. The Morgan fingerprint density at radius 2 is 0.730 bits per heavy atom. The average molecular weight is 803 g/mol. The van der Waals surface area contributed by atoms with Gasteiger partial charge < -0.3 is 9.47 Å². The normalized spacial score (nSPS) is 12.6. The highest BCUT2D eigenvalue weighted by atomic mass is 15.1. The minimum atomic E-state index is -0.508. The van der Waals surface area contributed by atoms with Crippen molar-refractivity contribution >= 4 is 38.9 Å². The fourth-order valence-corrected chi connectivity index (χ4v) is 10.3. The van der Waals surface area contributed by atoms with Crippen molar-refractivity contribution in [3.05, 3.63) is 277 Å². The first-order chi connectivity index (χ1) is 31.3. The van der Waals surface area contributed by atoms with Gasteiger partial charge in [-0.25, -0.2) is 0 Å². The molecule has 0 aliphatic heterocycles. The second-order valence-corrected chi connectivity index (χ2v) is 16.5. The van der Waals surface area contributed by atoms with Crippen molar-refractivity contribution in [1.29, 1.82) is 0 Å². The van der Waals surface area contributed by atoms with E-state index in [4.69, 9.17) is 0 Å². The molecule has 0 radical (unpaired) electrons. The molecule has 0 saturated heterocycles. The Balaban J connectivity index is 1.01. The van der Waals surface area contributed by atoms with Gasteiger partial charge in [0.15, 0.2) is 0 Å². The molecule has 0 unspecified atom stereocenters. The lowest BCUT2D eigenvalue weighted by molar-refractivity contribution is 0.768. The third kappa shape index (κ3) is 5.95. The van der Waals surface area contributed by atoms with Crippen molar-refractivity contribution in [2.45, 2.75) is 5.41 Å². The van der Waals surface area contributed by atoms with Crippen molar-refractivity contribution in [3.63, 3.8) is 0 Å². The van der Waals surface area contributed by atoms with E-state index in [0.717, 1.165) is 22.7 Å². The maximum atomic E-state index is 2.42. The van der Waals surface area contributed by atoms with Gasteiger partial charge in [-0.05, 0) is 116 Å². The van der Waals surface area contributed by atoms with Crippen LogP contribution in [-0.2, 0) is 5.41 Å². The zero-order chi connectivity index (χ0) is 41.7. The number of anilines is 3. The van der Waals surface area contributed by atoms with Crippen LogP contribution in [0.15, 0.2) is 255 Å². The molecule has 11 aromatic rings. The van der Waals surface area contributed by atoms with Crippen molar-refractivity contribution in [2.24, 2.45) is 0 Å². The highest BCUT2D eigenvalue weighted by molar-refractivity contribution is 6.09. The fraction of sp³-hybridized carbons (Fsp3) is 0.0164. The molecule has 0 atom stereocenters. The number of nitrogens with zero attached hydrogens (tertiary/aromatic N) is 2. The molecule has 0 N–H and O–H groups in total. The second-order valence-electron chi connectivity index (χ2n) is 16.5. The van der Waals surface area contributed by atoms with Gasteiger partial charge in [0.2, 0.25) is 0 Å². The van der Waals surface area contributed by atoms with Crippen LogP contribution in [0.1, 0.15) is 22.3 Å². The number of benzene rings is 10. The summed E-state index contributed by atoms with van der Waals surface area (Å²) >= 11 is 0. The van der Waals surface area contributed by atoms with Crippen LogP contribution in [0.5, 0.6) is 0 Å². The van der Waals surface area contributed by atoms with E-state index in [0.29, 0.717) is 0 Å². The topological polar surface area (TPSA) is 8.17 Å². The van der Waals surface area contributed by atoms with E-state index in [-0.39, 0.29) is 0 Å². The van der Waals surface area contributed by atoms with E-state index >= 15 is 0 Å². The quantitative estimate of drug-likeness (QED) is 0.149. The summed E-state index contributed by atoms with van der Waals surface area (Å²) in [5.74, 6) is 0. The van der Waals surface area contributed by atoms with Crippen molar-refractivity contribution in [2.75, 3.05) is 4.90 Å². The van der Waals surface area contributed by atoms with Crippen LogP contribution in [0.3, 0.4) is 0 Å². The Morgan fingerprint density at radius 1 is 0.302 bits per heavy atom. The van der Waals surface area contributed by atoms with E-state index in [1.54, 1.807) is 0 Å². The number of aromatic nitrogens is 1. The Morgan fingerprint density at radius 3 is 1.30 bits per heavy atom. The lowest BCUT2D eigenvalue weighted by Crippen LogP contribution is -2.28. The molecular formula is C61H42N2. The van der Waals surface area contributed by atoms with E-state index in [1.165, 1.54) is 77.4 Å². The van der Waals surface area contributed by atoms with Gasteiger partial charge in [0, 0.05) is 33.5 Å². The van der Waals surface area contributed by atoms with E-state index in [9.17, 15) is 0 Å². The molecule has 0 amide bonds. The molecule has 0 spiro atoms. The standard InChI is InChI=1S/C61H42N2/c1-3-16-43(17-4-1)44-30-32-45(33-31-44)46-34-36-49(37-35-46)62(50-38-40-51(41-39-50)63-59-28-13-9-24-55(59)56-25-10-14-29-60(56)63)52-21-15-20-48(42-52)61(47-18-5-2-6-19-47)57-26-11-7-22-53(57)54-23-8-12-27-58(54)61/h1-42H. The number of hydrogen-bond donors (Lipinski definition) is 0. The summed E-state index contributed by atoms with van der Waals surface area (Å²) in [6, 6.07) is 93.2. The number of hydrogen-bond acceptors (Lipinski definition) is 1. The molecule has 2 heteroatoms. The largest absolute Gasteiger partial charge is 0.310 e. The first kappa shape index (κ1) is 36.6. The van der Waals surface area contributed by atoms with Crippen molar-refractivity contribution in [3.8, 4) is 39.1 Å². The predicted octanol–water partition coefficient (Wildman–Crippen LogP) is 16.0. The van der Waals surface area contributed by atoms with E-state index in [2.05, 4.69) is 264 Å². The Kier molecular flexibility index (Phi) is 8.76. The van der Waals surface area contributed by atoms with Gasteiger partial charge in [-0.3, -0.25) is 0 Å². The number of rotatable bonds is 8. The van der Waals surface area contributed by atoms with Gasteiger partial charge in [-0.15, -0.1) is 0 Å². The lowest BCUT2D eigenvalue weighted by Gasteiger charge is -2.35. The first-order valence-electron chi connectivity index (χ1n) is 21.8. The molecule has 0 saturated carbocycles. The van der Waals surface area contributed by atoms with Crippen LogP contribution >= 0.6 is 0 Å². The molecule has 63 heavy (non-hydrogen) atoms. The number of para-hydroxylation sites is 2. The molecule has 1 aliphatic carbocycles. The number of fused-ring (bicyclic) bond motifs is 6. The SMILES string of the molecule is c1ccc(-c2ccc(-c3ccc(N(c4ccc(-n5c6ccccc6c6ccccc65)cc4)c4cccc(C5(c6ccccc6)c6ccccc6-c6ccccc65)c4)cc3)cc2)cc1. The third-order valence-electron chi connectivity index (χ3n) is 13.1. The second kappa shape index (κ2) is 15.1. The summed E-state index contributed by atoms with van der Waals surface area (Å²) < 4.78 is 2.38. The summed E-state index contributed by atoms with van der Waals surface area (Å²) in [4.78, 5) is 2.41. The van der Waals surface area contributed by atoms with Crippen LogP contribution in [0, 0.1) is 0 Å². The summed E-state index contributed by atoms with van der Waals surface area (Å²) in [5, 5.41) is 2.51. The van der Waals surface area contributed by atoms with Crippen LogP contribution in [0.25, 0.3) is 60.9 Å². The first-order valence-corrected chi connectivity index (χ1v) is 21.8. The third-order valence-corrected chi connectivity index (χ3v) is 13.1. The summed E-state index contributed by atoms with van der Waals surface area (Å²) in [6.07, 6.45) is 0. The minimum absolute atomic E-state index is 0.508. The van der Waals surface area contributed by atoms with Crippen molar-refractivity contribution in [1.82, 2.24) is 4.57 Å². The molecule has 10 aromatic carbocycles. The zero-order valence-corrected chi connectivity index (χ0v) is 34.6. The highest BCUT2D eigenvalue weighted by Crippen LogP contribution is 2.56. The van der Waals surface area contributed by atoms with E-state index in [1.807, 2.05) is 0 Å². The molecule has 296 valence electrons. The predicted molar refractivity (Wildman–Crippen MR) is 264 cm³/mol. The molecule has 1 aliphatic rings. The van der Waals surface area contributed by atoms with Crippen LogP contribution < -0.4 is 4.90 Å². The molecule has 0 fully saturated rings. The molecule has 1 heterocycles. The fourth-order valence-electron chi connectivity index (χ4n) is 10.3. The smallest absolute Gasteiger partial charge is 0.0714 e. The molecule has 12 rings (SSSR count). The molecule has 1 aromatic heterocycles. The van der Waals surface area contributed by atoms with E-state index < -0.39 is 5.41 Å². The van der Waals surface area contributed by atoms with Crippen LogP contribution in [-0.4, -0.2) is 4.57 Å². The molecule has 2 nitrogen and oxygen atoms in total. The van der Waals surface area contributed by atoms with Gasteiger partial charge in [0.1, 0.15) is 0 Å². The summed E-state index contributed by atoms with van der Waals surface area (Å²) in [6.45, 7) is 0. The summed E-state index contributed by atoms with van der Waals surface area (Å²) in [5.41, 5.74) is 18.7. The van der Waals surface area contributed by atoms with Crippen LogP contribution in [0.4, 0.5) is 17.1 Å². The minimum Gasteiger partial charge on any atom is -0.310 e. The Hall–Kier alpha value is -8.20. The van der Waals surface area contributed by atoms with Gasteiger partial charge in [-0.1, -0.05) is 194 Å². The van der Waals surface area contributed by atoms with Crippen LogP contribution in [0.2, 0.25) is 0 Å². The van der Waals surface area contributed by atoms with Crippen molar-refractivity contribution < 1.29 is 0 Å². The average Bonchev–Trinajstić information content (AvgIpc) is 3.86. The van der Waals surface area contributed by atoms with Gasteiger partial charge in [-0.2, -0.15) is 0 Å². The monoisotopic (exact) mass is 802 g/mol. The lowest BCUT2D eigenvalue weighted by atomic mass is 9.67. The highest BCUT2D eigenvalue weighted by Gasteiger charge is 2.46. The van der Waals surface area contributed by atoms with Gasteiger partial charge in [0.05, 0.1) is 16.4 Å². The maximum absolute atomic E-state index is 2.42. The molecule has 0 bridgehead atoms. The summed E-state index contributed by atoms with van der Waals surface area (Å²) in [7, 11) is 0.